The highest BCUT2D eigenvalue weighted by molar-refractivity contribution is 5.99. The van der Waals surface area contributed by atoms with Crippen molar-refractivity contribution in [3.05, 3.63) is 57.5 Å². The number of pyridine rings is 1. The standard InChI is InChI=1S/C19H23F2N3O4/c1-5-24-9-12(17(26)23-28-19(3,4)10-25)16(15(21)18(24)27)22-14-7-6-11(2)8-13(14)20/h6-9,22,25H,5,10H2,1-4H3,(H,23,26). The molecule has 0 saturated heterocycles. The van der Waals surface area contributed by atoms with Crippen molar-refractivity contribution >= 4 is 17.3 Å². The Balaban J connectivity index is 2.49. The van der Waals surface area contributed by atoms with Crippen molar-refractivity contribution in [3.63, 3.8) is 0 Å². The molecule has 0 bridgehead atoms. The molecule has 0 aliphatic rings. The van der Waals surface area contributed by atoms with Gasteiger partial charge in [0.25, 0.3) is 11.5 Å². The monoisotopic (exact) mass is 395 g/mol. The van der Waals surface area contributed by atoms with E-state index in [-0.39, 0.29) is 24.4 Å². The molecule has 1 aromatic heterocycles. The minimum atomic E-state index is -1.23. The smallest absolute Gasteiger partial charge is 0.288 e. The molecule has 0 saturated carbocycles. The van der Waals surface area contributed by atoms with E-state index in [1.165, 1.54) is 26.0 Å². The maximum atomic E-state index is 14.7. The number of aliphatic hydroxyl groups excluding tert-OH is 1. The molecule has 1 amide bonds. The number of hydrogen-bond donors (Lipinski definition) is 3. The molecule has 1 aromatic carbocycles. The van der Waals surface area contributed by atoms with E-state index in [9.17, 15) is 23.5 Å². The third-order valence-corrected chi connectivity index (χ3v) is 3.99. The van der Waals surface area contributed by atoms with Crippen LogP contribution in [0.2, 0.25) is 0 Å². The Morgan fingerprint density at radius 3 is 2.57 bits per heavy atom. The van der Waals surface area contributed by atoms with Crippen molar-refractivity contribution in [2.75, 3.05) is 11.9 Å². The third kappa shape index (κ3) is 4.73. The van der Waals surface area contributed by atoms with Gasteiger partial charge in [0.1, 0.15) is 11.4 Å². The van der Waals surface area contributed by atoms with Gasteiger partial charge >= 0.3 is 0 Å². The molecule has 28 heavy (non-hydrogen) atoms. The summed E-state index contributed by atoms with van der Waals surface area (Å²) in [5.41, 5.74) is -0.0763. The zero-order valence-corrected chi connectivity index (χ0v) is 16.1. The van der Waals surface area contributed by atoms with Crippen LogP contribution in [0, 0.1) is 18.6 Å². The fraction of sp³-hybridized carbons (Fsp3) is 0.368. The van der Waals surface area contributed by atoms with E-state index in [4.69, 9.17) is 4.84 Å². The Hall–Kier alpha value is -2.78. The first-order valence-electron chi connectivity index (χ1n) is 8.65. The summed E-state index contributed by atoms with van der Waals surface area (Å²) < 4.78 is 29.9. The number of carbonyl (C=O) groups excluding carboxylic acids is 1. The van der Waals surface area contributed by atoms with E-state index in [1.54, 1.807) is 19.9 Å². The number of halogens is 2. The molecule has 0 fully saturated rings. The molecule has 0 aliphatic carbocycles. The van der Waals surface area contributed by atoms with Gasteiger partial charge < -0.3 is 15.0 Å². The van der Waals surface area contributed by atoms with E-state index in [0.717, 1.165) is 10.8 Å². The van der Waals surface area contributed by atoms with Crippen molar-refractivity contribution in [2.24, 2.45) is 0 Å². The lowest BCUT2D eigenvalue weighted by molar-refractivity contribution is -0.0956. The van der Waals surface area contributed by atoms with Crippen molar-refractivity contribution in [2.45, 2.75) is 39.8 Å². The zero-order valence-electron chi connectivity index (χ0n) is 16.1. The summed E-state index contributed by atoms with van der Waals surface area (Å²) in [6, 6.07) is 4.21. The zero-order chi connectivity index (χ0) is 21.1. The summed E-state index contributed by atoms with van der Waals surface area (Å²) in [5, 5.41) is 11.7. The van der Waals surface area contributed by atoms with Gasteiger partial charge in [-0.25, -0.2) is 9.87 Å². The number of nitrogens with zero attached hydrogens (tertiary/aromatic N) is 1. The molecule has 0 spiro atoms. The average Bonchev–Trinajstić information content (AvgIpc) is 2.65. The Bertz CT molecular complexity index is 942. The van der Waals surface area contributed by atoms with Gasteiger partial charge in [-0.1, -0.05) is 6.07 Å². The summed E-state index contributed by atoms with van der Waals surface area (Å²) >= 11 is 0. The molecule has 7 nitrogen and oxygen atoms in total. The number of rotatable bonds is 7. The number of aliphatic hydroxyl groups is 1. The molecule has 1 heterocycles. The van der Waals surface area contributed by atoms with Crippen molar-refractivity contribution < 1.29 is 23.5 Å². The molecule has 0 atom stereocenters. The van der Waals surface area contributed by atoms with Crippen LogP contribution in [0.15, 0.2) is 29.2 Å². The number of carbonyl (C=O) groups is 1. The van der Waals surface area contributed by atoms with E-state index in [1.807, 2.05) is 0 Å². The maximum Gasteiger partial charge on any atom is 0.288 e. The number of aromatic nitrogens is 1. The van der Waals surface area contributed by atoms with E-state index >= 15 is 0 Å². The normalized spacial score (nSPS) is 11.4. The van der Waals surface area contributed by atoms with Crippen LogP contribution < -0.4 is 16.4 Å². The second-order valence-electron chi connectivity index (χ2n) is 6.88. The van der Waals surface area contributed by atoms with Crippen LogP contribution in [-0.4, -0.2) is 27.8 Å². The molecule has 3 N–H and O–H groups in total. The van der Waals surface area contributed by atoms with Crippen molar-refractivity contribution in [1.29, 1.82) is 0 Å². The van der Waals surface area contributed by atoms with Gasteiger partial charge in [0.2, 0.25) is 5.82 Å². The Morgan fingerprint density at radius 1 is 1.32 bits per heavy atom. The number of amides is 1. The predicted molar refractivity (Wildman–Crippen MR) is 100 cm³/mol. The largest absolute Gasteiger partial charge is 0.393 e. The Kier molecular flexibility index (Phi) is 6.52. The predicted octanol–water partition coefficient (Wildman–Crippen LogP) is 2.63. The van der Waals surface area contributed by atoms with Crippen LogP contribution in [-0.2, 0) is 11.4 Å². The molecular formula is C19H23F2N3O4. The highest BCUT2D eigenvalue weighted by Gasteiger charge is 2.24. The van der Waals surface area contributed by atoms with E-state index in [2.05, 4.69) is 10.8 Å². The summed E-state index contributed by atoms with van der Waals surface area (Å²) in [4.78, 5) is 29.8. The van der Waals surface area contributed by atoms with Gasteiger partial charge in [-0.3, -0.25) is 14.4 Å². The molecule has 0 radical (unpaired) electrons. The van der Waals surface area contributed by atoms with Crippen LogP contribution in [0.1, 0.15) is 36.7 Å². The first kappa shape index (κ1) is 21.5. The SMILES string of the molecule is CCn1cc(C(=O)NOC(C)(C)CO)c(Nc2ccc(C)cc2F)c(F)c1=O. The molecule has 2 rings (SSSR count). The minimum absolute atomic E-state index is 0.0937. The second kappa shape index (κ2) is 8.49. The highest BCUT2D eigenvalue weighted by Crippen LogP contribution is 2.25. The van der Waals surface area contributed by atoms with Crippen LogP contribution in [0.3, 0.4) is 0 Å². The van der Waals surface area contributed by atoms with Crippen LogP contribution in [0.25, 0.3) is 0 Å². The Labute approximate surface area is 160 Å². The summed E-state index contributed by atoms with van der Waals surface area (Å²) in [7, 11) is 0. The van der Waals surface area contributed by atoms with Gasteiger partial charge in [0.05, 0.1) is 23.5 Å². The second-order valence-corrected chi connectivity index (χ2v) is 6.88. The lowest BCUT2D eigenvalue weighted by Crippen LogP contribution is -2.39. The van der Waals surface area contributed by atoms with Gasteiger partial charge in [-0.2, -0.15) is 4.39 Å². The molecule has 152 valence electrons. The lowest BCUT2D eigenvalue weighted by atomic mass is 10.1. The number of anilines is 2. The van der Waals surface area contributed by atoms with Gasteiger partial charge in [0.15, 0.2) is 0 Å². The molecule has 9 heteroatoms. The van der Waals surface area contributed by atoms with Crippen LogP contribution in [0.5, 0.6) is 0 Å². The molecule has 0 aliphatic heterocycles. The van der Waals surface area contributed by atoms with Crippen LogP contribution >= 0.6 is 0 Å². The number of hydroxylamine groups is 1. The van der Waals surface area contributed by atoms with E-state index < -0.39 is 34.4 Å². The quantitative estimate of drug-likeness (QED) is 0.627. The average molecular weight is 395 g/mol. The molecule has 2 aromatic rings. The maximum absolute atomic E-state index is 14.7. The number of hydrogen-bond acceptors (Lipinski definition) is 5. The fourth-order valence-corrected chi connectivity index (χ4v) is 2.29. The Morgan fingerprint density at radius 2 is 2.00 bits per heavy atom. The van der Waals surface area contributed by atoms with Crippen LogP contribution in [0.4, 0.5) is 20.2 Å². The molecular weight excluding hydrogens is 372 g/mol. The first-order chi connectivity index (χ1) is 13.1. The number of nitrogens with one attached hydrogen (secondary N) is 2. The summed E-state index contributed by atoms with van der Waals surface area (Å²) in [6.45, 7) is 6.10. The first-order valence-corrected chi connectivity index (χ1v) is 8.65. The van der Waals surface area contributed by atoms with Crippen molar-refractivity contribution in [1.82, 2.24) is 10.0 Å². The summed E-state index contributed by atoms with van der Waals surface area (Å²) in [6.07, 6.45) is 1.16. The number of benzene rings is 1. The number of aryl methyl sites for hydroxylation is 2. The highest BCUT2D eigenvalue weighted by atomic mass is 19.1. The van der Waals surface area contributed by atoms with Gasteiger partial charge in [-0.15, -0.1) is 0 Å². The third-order valence-electron chi connectivity index (χ3n) is 3.99. The minimum Gasteiger partial charge on any atom is -0.393 e. The fourth-order valence-electron chi connectivity index (χ4n) is 2.29. The van der Waals surface area contributed by atoms with E-state index in [0.29, 0.717) is 5.56 Å². The lowest BCUT2D eigenvalue weighted by Gasteiger charge is -2.22. The van der Waals surface area contributed by atoms with Crippen molar-refractivity contribution in [3.8, 4) is 0 Å². The summed E-state index contributed by atoms with van der Waals surface area (Å²) in [5.74, 6) is -2.75. The topological polar surface area (TPSA) is 92.6 Å². The van der Waals surface area contributed by atoms with Gasteiger partial charge in [-0.05, 0) is 45.4 Å². The van der Waals surface area contributed by atoms with Gasteiger partial charge in [0, 0.05) is 12.7 Å². The molecule has 0 unspecified atom stereocenters.